The smallest absolute Gasteiger partial charge is 0.341 e. The van der Waals surface area contributed by atoms with Gasteiger partial charge in [0, 0.05) is 12.8 Å². The summed E-state index contributed by atoms with van der Waals surface area (Å²) < 4.78 is 20.5. The highest BCUT2D eigenvalue weighted by Gasteiger charge is 2.73. The summed E-state index contributed by atoms with van der Waals surface area (Å²) in [5, 5.41) is 8.03. The van der Waals surface area contributed by atoms with Gasteiger partial charge in [-0.3, -0.25) is 4.79 Å². The van der Waals surface area contributed by atoms with Crippen molar-refractivity contribution in [3.8, 4) is 0 Å². The number of hydrogen-bond acceptors (Lipinski definition) is 9. The molecule has 1 aliphatic carbocycles. The van der Waals surface area contributed by atoms with Gasteiger partial charge in [-0.2, -0.15) is 10.2 Å². The third kappa shape index (κ3) is 2.13. The van der Waals surface area contributed by atoms with Crippen LogP contribution in [0.2, 0.25) is 0 Å². The van der Waals surface area contributed by atoms with Gasteiger partial charge in [0.15, 0.2) is 11.1 Å². The van der Waals surface area contributed by atoms with Crippen LogP contribution < -0.4 is 0 Å². The van der Waals surface area contributed by atoms with Crippen LogP contribution in [0.3, 0.4) is 0 Å². The number of fused-ring (bicyclic) bond motifs is 1. The van der Waals surface area contributed by atoms with Gasteiger partial charge in [-0.15, -0.1) is 0 Å². The summed E-state index contributed by atoms with van der Waals surface area (Å²) in [6.45, 7) is 1.65. The second kappa shape index (κ2) is 5.26. The van der Waals surface area contributed by atoms with Crippen LogP contribution in [0.25, 0.3) is 0 Å². The Morgan fingerprint density at radius 1 is 1.13 bits per heavy atom. The number of hydrogen-bond donors (Lipinski definition) is 0. The number of azo groups is 1. The maximum absolute atomic E-state index is 12.3. The fourth-order valence-corrected chi connectivity index (χ4v) is 3.75. The first-order valence-corrected chi connectivity index (χ1v) is 7.28. The van der Waals surface area contributed by atoms with Gasteiger partial charge in [0.05, 0.1) is 33.3 Å². The van der Waals surface area contributed by atoms with Crippen LogP contribution in [0.4, 0.5) is 0 Å². The van der Waals surface area contributed by atoms with Crippen LogP contribution in [-0.2, 0) is 33.3 Å². The zero-order valence-corrected chi connectivity index (χ0v) is 13.1. The summed E-state index contributed by atoms with van der Waals surface area (Å²) in [6, 6.07) is 0. The zero-order valence-electron chi connectivity index (χ0n) is 13.1. The van der Waals surface area contributed by atoms with E-state index in [2.05, 4.69) is 10.2 Å². The van der Waals surface area contributed by atoms with Crippen molar-refractivity contribution >= 4 is 17.9 Å². The van der Waals surface area contributed by atoms with Crippen LogP contribution in [0, 0.1) is 11.8 Å². The first-order chi connectivity index (χ1) is 10.9. The fraction of sp³-hybridized carbons (Fsp3) is 0.786. The standard InChI is InChI=1S/C14H18N2O7/c1-7(17)23-10-8(14(6-22-14)12(19)21-3)4-13(11(18)20-2)9(10)5-15-16-13/h8-10H,4-6H2,1-3H3/t8-,9+,10+,13-,14+/m0/s1. The highest BCUT2D eigenvalue weighted by molar-refractivity contribution is 5.86. The van der Waals surface area contributed by atoms with Gasteiger partial charge in [0.1, 0.15) is 6.10 Å². The molecular weight excluding hydrogens is 308 g/mol. The number of epoxide rings is 1. The molecule has 0 unspecified atom stereocenters. The lowest BCUT2D eigenvalue weighted by Gasteiger charge is -2.26. The van der Waals surface area contributed by atoms with E-state index in [1.807, 2.05) is 0 Å². The lowest BCUT2D eigenvalue weighted by Crippen LogP contribution is -2.44. The lowest BCUT2D eigenvalue weighted by atomic mass is 9.87. The number of carbonyl (C=O) groups is 3. The minimum Gasteiger partial charge on any atom is -0.467 e. The SMILES string of the molecule is COC(=O)[C@]1([C@H]2C[C@]3(C(=O)OC)N=NC[C@@H]3[C@@H]2OC(C)=O)CO1. The summed E-state index contributed by atoms with van der Waals surface area (Å²) >= 11 is 0. The second-order valence-corrected chi connectivity index (χ2v) is 6.00. The molecule has 1 saturated heterocycles. The van der Waals surface area contributed by atoms with Crippen LogP contribution in [0.1, 0.15) is 13.3 Å². The highest BCUT2D eigenvalue weighted by atomic mass is 16.6. The van der Waals surface area contributed by atoms with Crippen molar-refractivity contribution in [2.75, 3.05) is 27.4 Å². The number of nitrogens with zero attached hydrogens (tertiary/aromatic N) is 2. The molecule has 3 aliphatic rings. The maximum Gasteiger partial charge on any atom is 0.341 e. The predicted octanol–water partition coefficient (Wildman–Crippen LogP) is -0.126. The maximum atomic E-state index is 12.3. The Kier molecular flexibility index (Phi) is 3.62. The Hall–Kier alpha value is -2.03. The molecule has 23 heavy (non-hydrogen) atoms. The van der Waals surface area contributed by atoms with E-state index in [1.165, 1.54) is 21.1 Å². The minimum absolute atomic E-state index is 0.154. The molecule has 5 atom stereocenters. The number of methoxy groups -OCH3 is 2. The Balaban J connectivity index is 1.99. The van der Waals surface area contributed by atoms with Crippen molar-refractivity contribution in [3.63, 3.8) is 0 Å². The third-order valence-electron chi connectivity index (χ3n) is 4.89. The molecule has 1 saturated carbocycles. The van der Waals surface area contributed by atoms with E-state index in [0.717, 1.165) is 0 Å². The molecule has 2 aliphatic heterocycles. The van der Waals surface area contributed by atoms with Crippen molar-refractivity contribution in [1.82, 2.24) is 0 Å². The Morgan fingerprint density at radius 3 is 2.30 bits per heavy atom. The Morgan fingerprint density at radius 2 is 1.78 bits per heavy atom. The summed E-state index contributed by atoms with van der Waals surface area (Å²) in [6.07, 6.45) is -0.566. The monoisotopic (exact) mass is 326 g/mol. The number of carbonyl (C=O) groups excluding carboxylic acids is 3. The fourth-order valence-electron chi connectivity index (χ4n) is 3.75. The van der Waals surface area contributed by atoms with E-state index in [0.29, 0.717) is 0 Å². The van der Waals surface area contributed by atoms with Gasteiger partial charge < -0.3 is 18.9 Å². The van der Waals surface area contributed by atoms with E-state index in [1.54, 1.807) is 0 Å². The van der Waals surface area contributed by atoms with Crippen LogP contribution in [-0.4, -0.2) is 62.5 Å². The number of ether oxygens (including phenoxy) is 4. The molecule has 0 radical (unpaired) electrons. The average molecular weight is 326 g/mol. The van der Waals surface area contributed by atoms with Crippen molar-refractivity contribution in [1.29, 1.82) is 0 Å². The van der Waals surface area contributed by atoms with Crippen molar-refractivity contribution in [2.24, 2.45) is 22.1 Å². The first kappa shape index (κ1) is 15.9. The number of esters is 3. The lowest BCUT2D eigenvalue weighted by molar-refractivity contribution is -0.160. The predicted molar refractivity (Wildman–Crippen MR) is 72.3 cm³/mol. The molecule has 0 N–H and O–H groups in total. The van der Waals surface area contributed by atoms with Gasteiger partial charge in [-0.1, -0.05) is 0 Å². The van der Waals surface area contributed by atoms with Crippen LogP contribution in [0.15, 0.2) is 10.2 Å². The second-order valence-electron chi connectivity index (χ2n) is 6.00. The topological polar surface area (TPSA) is 116 Å². The largest absolute Gasteiger partial charge is 0.467 e. The highest BCUT2D eigenvalue weighted by Crippen LogP contribution is 2.55. The summed E-state index contributed by atoms with van der Waals surface area (Å²) in [7, 11) is 2.53. The van der Waals surface area contributed by atoms with E-state index >= 15 is 0 Å². The normalized spacial score (nSPS) is 40.4. The zero-order chi connectivity index (χ0) is 16.8. The average Bonchev–Trinajstić information content (AvgIpc) is 3.13. The Bertz CT molecular complexity index is 586. The van der Waals surface area contributed by atoms with Crippen LogP contribution in [0.5, 0.6) is 0 Å². The van der Waals surface area contributed by atoms with E-state index in [-0.39, 0.29) is 19.6 Å². The van der Waals surface area contributed by atoms with Gasteiger partial charge in [-0.25, -0.2) is 9.59 Å². The molecule has 0 aromatic carbocycles. The molecule has 0 amide bonds. The molecule has 0 bridgehead atoms. The number of rotatable bonds is 4. The molecule has 2 heterocycles. The molecular formula is C14H18N2O7. The van der Waals surface area contributed by atoms with Crippen molar-refractivity contribution < 1.29 is 33.3 Å². The van der Waals surface area contributed by atoms with E-state index in [4.69, 9.17) is 18.9 Å². The molecule has 0 aromatic heterocycles. The van der Waals surface area contributed by atoms with Gasteiger partial charge in [-0.05, 0) is 6.42 Å². The van der Waals surface area contributed by atoms with E-state index < -0.39 is 47.0 Å². The quantitative estimate of drug-likeness (QED) is 0.401. The van der Waals surface area contributed by atoms with Crippen LogP contribution >= 0.6 is 0 Å². The molecule has 3 rings (SSSR count). The molecule has 0 aromatic rings. The first-order valence-electron chi connectivity index (χ1n) is 7.28. The van der Waals surface area contributed by atoms with Crippen molar-refractivity contribution in [3.05, 3.63) is 0 Å². The molecule has 9 nitrogen and oxygen atoms in total. The summed E-state index contributed by atoms with van der Waals surface area (Å²) in [5.74, 6) is -2.62. The van der Waals surface area contributed by atoms with Gasteiger partial charge in [0.2, 0.25) is 0 Å². The molecule has 9 heteroatoms. The van der Waals surface area contributed by atoms with Crippen molar-refractivity contribution in [2.45, 2.75) is 30.6 Å². The molecule has 0 spiro atoms. The van der Waals surface area contributed by atoms with E-state index in [9.17, 15) is 14.4 Å². The molecule has 126 valence electrons. The van der Waals surface area contributed by atoms with Gasteiger partial charge in [0.25, 0.3) is 0 Å². The third-order valence-corrected chi connectivity index (χ3v) is 4.89. The summed E-state index contributed by atoms with van der Waals surface area (Å²) in [5.41, 5.74) is -2.44. The van der Waals surface area contributed by atoms with Gasteiger partial charge >= 0.3 is 17.9 Å². The Labute approximate surface area is 132 Å². The minimum atomic E-state index is -1.24. The molecule has 2 fully saturated rings. The summed E-state index contributed by atoms with van der Waals surface area (Å²) in [4.78, 5) is 35.9.